The molecule has 1 aliphatic rings. The van der Waals surface area contributed by atoms with Gasteiger partial charge in [0.25, 0.3) is 5.91 Å². The Labute approximate surface area is 142 Å². The number of aryl methyl sites for hydroxylation is 1. The van der Waals surface area contributed by atoms with E-state index in [0.717, 1.165) is 29.5 Å². The van der Waals surface area contributed by atoms with Crippen LogP contribution < -0.4 is 5.73 Å². The third-order valence-electron chi connectivity index (χ3n) is 4.30. The number of nitrogens with two attached hydrogens (primary N) is 1. The van der Waals surface area contributed by atoms with Crippen LogP contribution in [0.4, 0.5) is 0 Å². The topological polar surface area (TPSA) is 63.4 Å². The minimum atomic E-state index is -0.475. The molecular formula is C20H22N2O2. The molecular weight excluding hydrogens is 300 g/mol. The van der Waals surface area contributed by atoms with Crippen LogP contribution in [0.2, 0.25) is 0 Å². The molecule has 2 aromatic rings. The van der Waals surface area contributed by atoms with E-state index in [1.807, 2.05) is 49.4 Å². The summed E-state index contributed by atoms with van der Waals surface area (Å²) in [5.41, 5.74) is 8.99. The van der Waals surface area contributed by atoms with Crippen molar-refractivity contribution < 1.29 is 9.59 Å². The van der Waals surface area contributed by atoms with E-state index in [1.165, 1.54) is 0 Å². The van der Waals surface area contributed by atoms with E-state index < -0.39 is 5.91 Å². The van der Waals surface area contributed by atoms with Crippen molar-refractivity contribution in [2.45, 2.75) is 19.8 Å². The Kier molecular flexibility index (Phi) is 4.65. The average molecular weight is 322 g/mol. The highest BCUT2D eigenvalue weighted by Crippen LogP contribution is 2.31. The highest BCUT2D eigenvalue weighted by atomic mass is 16.2. The lowest BCUT2D eigenvalue weighted by atomic mass is 9.97. The van der Waals surface area contributed by atoms with E-state index in [4.69, 9.17) is 5.73 Å². The van der Waals surface area contributed by atoms with Crippen molar-refractivity contribution in [1.29, 1.82) is 0 Å². The molecule has 0 saturated heterocycles. The minimum absolute atomic E-state index is 0.0303. The average Bonchev–Trinajstić information content (AvgIpc) is 3.37. The highest BCUT2D eigenvalue weighted by Gasteiger charge is 2.29. The number of primary amides is 1. The summed E-state index contributed by atoms with van der Waals surface area (Å²) >= 11 is 0. The molecule has 0 aliphatic heterocycles. The second kappa shape index (κ2) is 6.87. The minimum Gasteiger partial charge on any atom is -0.368 e. The fourth-order valence-electron chi connectivity index (χ4n) is 2.92. The van der Waals surface area contributed by atoms with Gasteiger partial charge in [0.1, 0.15) is 0 Å². The van der Waals surface area contributed by atoms with Crippen molar-refractivity contribution in [1.82, 2.24) is 4.90 Å². The molecule has 124 valence electrons. The fourth-order valence-corrected chi connectivity index (χ4v) is 2.92. The molecule has 0 aromatic heterocycles. The molecule has 2 amide bonds. The van der Waals surface area contributed by atoms with E-state index in [1.54, 1.807) is 4.90 Å². The Morgan fingerprint density at radius 2 is 1.88 bits per heavy atom. The first-order chi connectivity index (χ1) is 11.5. The first-order valence-corrected chi connectivity index (χ1v) is 8.28. The zero-order valence-corrected chi connectivity index (χ0v) is 13.9. The lowest BCUT2D eigenvalue weighted by Crippen LogP contribution is -2.39. The molecule has 3 rings (SSSR count). The van der Waals surface area contributed by atoms with Crippen LogP contribution in [0.1, 0.15) is 28.8 Å². The third kappa shape index (κ3) is 3.82. The molecule has 0 bridgehead atoms. The van der Waals surface area contributed by atoms with Crippen LogP contribution in [0.15, 0.2) is 48.5 Å². The zero-order valence-electron chi connectivity index (χ0n) is 13.9. The maximum absolute atomic E-state index is 13.0. The fraction of sp³-hybridized carbons (Fsp3) is 0.300. The van der Waals surface area contributed by atoms with Gasteiger partial charge < -0.3 is 10.6 Å². The van der Waals surface area contributed by atoms with E-state index in [0.29, 0.717) is 18.0 Å². The molecule has 4 nitrogen and oxygen atoms in total. The molecule has 1 saturated carbocycles. The largest absolute Gasteiger partial charge is 0.368 e. The molecule has 24 heavy (non-hydrogen) atoms. The lowest BCUT2D eigenvalue weighted by Gasteiger charge is -2.22. The number of hydrogen-bond donors (Lipinski definition) is 1. The second-order valence-electron chi connectivity index (χ2n) is 6.51. The van der Waals surface area contributed by atoms with Crippen molar-refractivity contribution in [2.75, 3.05) is 13.1 Å². The smallest absolute Gasteiger partial charge is 0.254 e. The van der Waals surface area contributed by atoms with Crippen LogP contribution in [0.3, 0.4) is 0 Å². The summed E-state index contributed by atoms with van der Waals surface area (Å²) in [6.45, 7) is 2.60. The summed E-state index contributed by atoms with van der Waals surface area (Å²) in [6, 6.07) is 15.6. The van der Waals surface area contributed by atoms with Gasteiger partial charge in [0.2, 0.25) is 5.91 Å². The van der Waals surface area contributed by atoms with Gasteiger partial charge in [-0.25, -0.2) is 0 Å². The van der Waals surface area contributed by atoms with Gasteiger partial charge in [-0.2, -0.15) is 0 Å². The number of nitrogens with zero attached hydrogens (tertiary/aromatic N) is 1. The van der Waals surface area contributed by atoms with Crippen LogP contribution in [0.5, 0.6) is 0 Å². The van der Waals surface area contributed by atoms with Gasteiger partial charge in [0.15, 0.2) is 0 Å². The second-order valence-corrected chi connectivity index (χ2v) is 6.51. The molecule has 0 unspecified atom stereocenters. The number of rotatable bonds is 6. The predicted octanol–water partition coefficient (Wildman–Crippen LogP) is 3.00. The van der Waals surface area contributed by atoms with Crippen molar-refractivity contribution in [3.63, 3.8) is 0 Å². The summed E-state index contributed by atoms with van der Waals surface area (Å²) in [7, 11) is 0. The van der Waals surface area contributed by atoms with Gasteiger partial charge in [0, 0.05) is 12.1 Å². The third-order valence-corrected chi connectivity index (χ3v) is 4.30. The Morgan fingerprint density at radius 1 is 1.12 bits per heavy atom. The highest BCUT2D eigenvalue weighted by molar-refractivity contribution is 6.02. The first kappa shape index (κ1) is 16.2. The van der Waals surface area contributed by atoms with Gasteiger partial charge in [0.05, 0.1) is 6.54 Å². The lowest BCUT2D eigenvalue weighted by molar-refractivity contribution is -0.118. The molecule has 2 N–H and O–H groups in total. The molecule has 1 aliphatic carbocycles. The summed E-state index contributed by atoms with van der Waals surface area (Å²) < 4.78 is 0. The Hall–Kier alpha value is -2.62. The van der Waals surface area contributed by atoms with Gasteiger partial charge >= 0.3 is 0 Å². The van der Waals surface area contributed by atoms with E-state index in [9.17, 15) is 9.59 Å². The molecule has 0 radical (unpaired) electrons. The van der Waals surface area contributed by atoms with Gasteiger partial charge in [-0.3, -0.25) is 9.59 Å². The SMILES string of the molecule is Cc1cccc(-c2ccccc2C(=O)N(CC(N)=O)CC2CC2)c1. The Morgan fingerprint density at radius 3 is 2.54 bits per heavy atom. The maximum atomic E-state index is 13.0. The van der Waals surface area contributed by atoms with E-state index in [-0.39, 0.29) is 12.5 Å². The van der Waals surface area contributed by atoms with Crippen molar-refractivity contribution in [3.05, 3.63) is 59.7 Å². The van der Waals surface area contributed by atoms with Crippen LogP contribution in [-0.2, 0) is 4.79 Å². The number of amides is 2. The quantitative estimate of drug-likeness (QED) is 0.888. The van der Waals surface area contributed by atoms with Crippen LogP contribution in [0.25, 0.3) is 11.1 Å². The normalized spacial score (nSPS) is 13.5. The summed E-state index contributed by atoms with van der Waals surface area (Å²) in [5, 5.41) is 0. The number of hydrogen-bond acceptors (Lipinski definition) is 2. The first-order valence-electron chi connectivity index (χ1n) is 8.28. The summed E-state index contributed by atoms with van der Waals surface area (Å²) in [6.07, 6.45) is 2.23. The van der Waals surface area contributed by atoms with Crippen LogP contribution in [-0.4, -0.2) is 29.8 Å². The van der Waals surface area contributed by atoms with Crippen molar-refractivity contribution in [3.8, 4) is 11.1 Å². The Bertz CT molecular complexity index is 766. The number of carbonyl (C=O) groups is 2. The van der Waals surface area contributed by atoms with Crippen LogP contribution in [0, 0.1) is 12.8 Å². The predicted molar refractivity (Wildman–Crippen MR) is 94.4 cm³/mol. The molecule has 1 fully saturated rings. The molecule has 0 heterocycles. The van der Waals surface area contributed by atoms with Crippen molar-refractivity contribution in [2.24, 2.45) is 11.7 Å². The number of benzene rings is 2. The van der Waals surface area contributed by atoms with Gasteiger partial charge in [-0.05, 0) is 42.9 Å². The molecule has 4 heteroatoms. The van der Waals surface area contributed by atoms with Gasteiger partial charge in [-0.1, -0.05) is 48.0 Å². The molecule has 0 atom stereocenters. The molecule has 2 aromatic carbocycles. The zero-order chi connectivity index (χ0) is 17.1. The van der Waals surface area contributed by atoms with Crippen LogP contribution >= 0.6 is 0 Å². The summed E-state index contributed by atoms with van der Waals surface area (Å²) in [4.78, 5) is 26.0. The standard InChI is InChI=1S/C20H22N2O2/c1-14-5-4-6-16(11-14)17-7-2-3-8-18(17)20(24)22(13-19(21)23)12-15-9-10-15/h2-8,11,15H,9-10,12-13H2,1H3,(H2,21,23). The van der Waals surface area contributed by atoms with Crippen molar-refractivity contribution >= 4 is 11.8 Å². The maximum Gasteiger partial charge on any atom is 0.254 e. The number of carbonyl (C=O) groups excluding carboxylic acids is 2. The van der Waals surface area contributed by atoms with E-state index in [2.05, 4.69) is 6.07 Å². The van der Waals surface area contributed by atoms with E-state index >= 15 is 0 Å². The summed E-state index contributed by atoms with van der Waals surface area (Å²) in [5.74, 6) is -0.103. The molecule has 0 spiro atoms. The monoisotopic (exact) mass is 322 g/mol. The van der Waals surface area contributed by atoms with Gasteiger partial charge in [-0.15, -0.1) is 0 Å². The Balaban J connectivity index is 1.95.